The van der Waals surface area contributed by atoms with E-state index >= 15 is 0 Å². The van der Waals surface area contributed by atoms with Crippen molar-refractivity contribution in [3.8, 4) is 5.75 Å². The van der Waals surface area contributed by atoms with Gasteiger partial charge in [0.25, 0.3) is 0 Å². The van der Waals surface area contributed by atoms with Gasteiger partial charge in [0.2, 0.25) is 0 Å². The number of rotatable bonds is 5. The Morgan fingerprint density at radius 3 is 2.80 bits per heavy atom. The fraction of sp³-hybridized carbons (Fsp3) is 0.409. The van der Waals surface area contributed by atoms with Crippen LogP contribution in [0.25, 0.3) is 0 Å². The minimum atomic E-state index is -4.41. The molecule has 0 unspecified atom stereocenters. The third-order valence-electron chi connectivity index (χ3n) is 5.25. The number of oxime groups is 1. The molecule has 4 rings (SSSR count). The van der Waals surface area contributed by atoms with Crippen molar-refractivity contribution >= 4 is 17.1 Å². The van der Waals surface area contributed by atoms with Crippen LogP contribution in [-0.2, 0) is 17.6 Å². The highest BCUT2D eigenvalue weighted by Gasteiger charge is 2.35. The first-order chi connectivity index (χ1) is 14.3. The minimum absolute atomic E-state index is 0.287. The summed E-state index contributed by atoms with van der Waals surface area (Å²) < 4.78 is 45.7. The smallest absolute Gasteiger partial charge is 0.416 e. The third-order valence-corrected chi connectivity index (χ3v) is 5.25. The van der Waals surface area contributed by atoms with E-state index in [2.05, 4.69) is 10.1 Å². The average Bonchev–Trinajstić information content (AvgIpc) is 2.86. The van der Waals surface area contributed by atoms with Crippen LogP contribution in [0.15, 0.2) is 41.6 Å². The monoisotopic (exact) mass is 419 g/mol. The number of para-hydroxylation sites is 1. The van der Waals surface area contributed by atoms with Crippen LogP contribution in [-0.4, -0.2) is 44.4 Å². The molecule has 2 aromatic rings. The molecule has 2 aliphatic heterocycles. The molecule has 0 amide bonds. The van der Waals surface area contributed by atoms with E-state index in [1.54, 1.807) is 0 Å². The highest BCUT2D eigenvalue weighted by Crippen LogP contribution is 2.45. The maximum absolute atomic E-state index is 13.3. The van der Waals surface area contributed by atoms with Crippen molar-refractivity contribution in [1.82, 2.24) is 4.90 Å². The van der Waals surface area contributed by atoms with Gasteiger partial charge >= 0.3 is 6.18 Å². The molecule has 5 nitrogen and oxygen atoms in total. The van der Waals surface area contributed by atoms with E-state index in [-0.39, 0.29) is 6.61 Å². The van der Waals surface area contributed by atoms with E-state index in [1.165, 1.54) is 12.1 Å². The third kappa shape index (κ3) is 4.09. The highest BCUT2D eigenvalue weighted by molar-refractivity contribution is 6.08. The Morgan fingerprint density at radius 1 is 1.20 bits per heavy atom. The van der Waals surface area contributed by atoms with Gasteiger partial charge in [-0.1, -0.05) is 23.4 Å². The molecule has 0 aromatic heterocycles. The van der Waals surface area contributed by atoms with Crippen LogP contribution < -0.4 is 9.64 Å². The Morgan fingerprint density at radius 2 is 2.03 bits per heavy atom. The van der Waals surface area contributed by atoms with Gasteiger partial charge in [-0.15, -0.1) is 0 Å². The van der Waals surface area contributed by atoms with Crippen molar-refractivity contribution in [2.24, 2.45) is 5.16 Å². The largest absolute Gasteiger partial charge is 0.487 e. The molecule has 0 radical (unpaired) electrons. The molecule has 0 N–H and O–H groups in total. The molecule has 0 saturated carbocycles. The first kappa shape index (κ1) is 20.5. The lowest BCUT2D eigenvalue weighted by Gasteiger charge is -2.32. The molecular weight excluding hydrogens is 395 g/mol. The maximum atomic E-state index is 13.3. The van der Waals surface area contributed by atoms with Crippen molar-refractivity contribution in [1.29, 1.82) is 0 Å². The Kier molecular flexibility index (Phi) is 5.60. The van der Waals surface area contributed by atoms with Gasteiger partial charge in [-0.3, -0.25) is 0 Å². The number of benzene rings is 2. The normalized spacial score (nSPS) is 16.7. The zero-order chi connectivity index (χ0) is 21.3. The van der Waals surface area contributed by atoms with Gasteiger partial charge in [-0.05, 0) is 38.7 Å². The topological polar surface area (TPSA) is 37.3 Å². The summed E-state index contributed by atoms with van der Waals surface area (Å²) in [6.07, 6.45) is -2.98. The number of anilines is 2. The molecule has 0 saturated heterocycles. The van der Waals surface area contributed by atoms with Crippen molar-refractivity contribution < 1.29 is 22.7 Å². The zero-order valence-corrected chi connectivity index (χ0v) is 17.0. The van der Waals surface area contributed by atoms with Crippen LogP contribution in [0.4, 0.5) is 24.5 Å². The van der Waals surface area contributed by atoms with E-state index in [0.29, 0.717) is 31.0 Å². The maximum Gasteiger partial charge on any atom is 0.416 e. The standard InChI is InChI=1S/C22H24F3N3O2/c1-27(2)10-4-12-30-26-18-9-11-28-19-13-16(22(23,24)25)7-8-20(19)29-14-15-5-3-6-17(18)21(15)28/h3,5-8,13H,4,9-12,14H2,1-2H3/b26-18-. The molecule has 0 spiro atoms. The SMILES string of the molecule is CN(C)CCCO/N=C1/CCN2c3cc(C(F)(F)F)ccc3OCc3cccc1c32. The van der Waals surface area contributed by atoms with E-state index < -0.39 is 11.7 Å². The van der Waals surface area contributed by atoms with Gasteiger partial charge in [0.05, 0.1) is 22.6 Å². The van der Waals surface area contributed by atoms with E-state index in [1.807, 2.05) is 37.2 Å². The first-order valence-corrected chi connectivity index (χ1v) is 9.92. The van der Waals surface area contributed by atoms with Crippen molar-refractivity contribution in [3.63, 3.8) is 0 Å². The van der Waals surface area contributed by atoms with Gasteiger partial charge in [0, 0.05) is 30.6 Å². The molecule has 2 heterocycles. The fourth-order valence-electron chi connectivity index (χ4n) is 3.81. The van der Waals surface area contributed by atoms with E-state index in [9.17, 15) is 13.2 Å². The van der Waals surface area contributed by atoms with Crippen molar-refractivity contribution in [2.45, 2.75) is 25.6 Å². The van der Waals surface area contributed by atoms with Gasteiger partial charge in [0.15, 0.2) is 0 Å². The molecule has 160 valence electrons. The summed E-state index contributed by atoms with van der Waals surface area (Å²) in [7, 11) is 4.01. The number of hydrogen-bond donors (Lipinski definition) is 0. The van der Waals surface area contributed by atoms with Crippen LogP contribution >= 0.6 is 0 Å². The lowest BCUT2D eigenvalue weighted by Crippen LogP contribution is -2.29. The second kappa shape index (κ2) is 8.18. The number of fused-ring (bicyclic) bond motifs is 2. The summed E-state index contributed by atoms with van der Waals surface area (Å²) >= 11 is 0. The molecular formula is C22H24F3N3O2. The fourth-order valence-corrected chi connectivity index (χ4v) is 3.81. The second-order valence-electron chi connectivity index (χ2n) is 7.71. The van der Waals surface area contributed by atoms with Crippen molar-refractivity contribution in [2.75, 3.05) is 38.7 Å². The predicted octanol–water partition coefficient (Wildman–Crippen LogP) is 4.81. The van der Waals surface area contributed by atoms with Crippen LogP contribution in [0.3, 0.4) is 0 Å². The molecule has 0 atom stereocenters. The Hall–Kier alpha value is -2.74. The number of alkyl halides is 3. The van der Waals surface area contributed by atoms with Gasteiger partial charge in [0.1, 0.15) is 19.0 Å². The second-order valence-corrected chi connectivity index (χ2v) is 7.71. The van der Waals surface area contributed by atoms with Crippen LogP contribution in [0.1, 0.15) is 29.5 Å². The van der Waals surface area contributed by atoms with Gasteiger partial charge in [-0.2, -0.15) is 13.2 Å². The van der Waals surface area contributed by atoms with Crippen LogP contribution in [0.2, 0.25) is 0 Å². The molecule has 0 bridgehead atoms. The summed E-state index contributed by atoms with van der Waals surface area (Å²) in [4.78, 5) is 9.53. The number of nitrogens with zero attached hydrogens (tertiary/aromatic N) is 3. The zero-order valence-electron chi connectivity index (χ0n) is 17.0. The number of halogens is 3. The Bertz CT molecular complexity index is 957. The van der Waals surface area contributed by atoms with Crippen molar-refractivity contribution in [3.05, 3.63) is 53.1 Å². The summed E-state index contributed by atoms with van der Waals surface area (Å²) in [6.45, 7) is 2.22. The molecule has 0 aliphatic carbocycles. The van der Waals surface area contributed by atoms with Gasteiger partial charge < -0.3 is 19.4 Å². The average molecular weight is 419 g/mol. The highest BCUT2D eigenvalue weighted by atomic mass is 19.4. The van der Waals surface area contributed by atoms with Gasteiger partial charge in [-0.25, -0.2) is 0 Å². The molecule has 2 aromatic carbocycles. The number of ether oxygens (including phenoxy) is 1. The summed E-state index contributed by atoms with van der Waals surface area (Å²) in [6, 6.07) is 9.42. The van der Waals surface area contributed by atoms with E-state index in [4.69, 9.17) is 9.57 Å². The molecule has 8 heteroatoms. The number of hydrogen-bond acceptors (Lipinski definition) is 5. The van der Waals surface area contributed by atoms with E-state index in [0.717, 1.165) is 41.6 Å². The summed E-state index contributed by atoms with van der Waals surface area (Å²) in [5.74, 6) is 0.450. The lowest BCUT2D eigenvalue weighted by molar-refractivity contribution is -0.137. The minimum Gasteiger partial charge on any atom is -0.487 e. The lowest BCUT2D eigenvalue weighted by atomic mass is 9.95. The summed E-state index contributed by atoms with van der Waals surface area (Å²) in [5, 5.41) is 4.35. The Labute approximate surface area is 173 Å². The quantitative estimate of drug-likeness (QED) is 0.515. The van der Waals surface area contributed by atoms with Crippen LogP contribution in [0.5, 0.6) is 5.75 Å². The molecule has 2 aliphatic rings. The molecule has 0 fully saturated rings. The van der Waals surface area contributed by atoms with Crippen LogP contribution in [0, 0.1) is 0 Å². The predicted molar refractivity (Wildman–Crippen MR) is 110 cm³/mol. The Balaban J connectivity index is 1.67. The summed E-state index contributed by atoms with van der Waals surface area (Å²) in [5.41, 5.74) is 3.19. The molecule has 30 heavy (non-hydrogen) atoms. The first-order valence-electron chi connectivity index (χ1n) is 9.92.